The molecule has 1 saturated carbocycles. The van der Waals surface area contributed by atoms with Crippen LogP contribution in [-0.4, -0.2) is 15.5 Å². The fourth-order valence-electron chi connectivity index (χ4n) is 3.00. The van der Waals surface area contributed by atoms with Crippen LogP contribution in [0.5, 0.6) is 0 Å². The SMILES string of the molecule is NC(=O)C1(n2cnc3cccc(F)c3c2=O)CCCC1. The molecule has 1 amide bonds. The van der Waals surface area contributed by atoms with Gasteiger partial charge in [-0.2, -0.15) is 0 Å². The van der Waals surface area contributed by atoms with Gasteiger partial charge in [-0.3, -0.25) is 14.2 Å². The van der Waals surface area contributed by atoms with Crippen LogP contribution in [-0.2, 0) is 10.3 Å². The zero-order valence-electron chi connectivity index (χ0n) is 10.8. The smallest absolute Gasteiger partial charge is 0.265 e. The first-order valence-electron chi connectivity index (χ1n) is 6.52. The maximum absolute atomic E-state index is 13.9. The summed E-state index contributed by atoms with van der Waals surface area (Å²) in [5.41, 5.74) is 4.16. The second-order valence-electron chi connectivity index (χ2n) is 5.16. The summed E-state index contributed by atoms with van der Waals surface area (Å²) in [5.74, 6) is -1.19. The van der Waals surface area contributed by atoms with Gasteiger partial charge < -0.3 is 5.73 Å². The van der Waals surface area contributed by atoms with Gasteiger partial charge in [0.05, 0.1) is 11.8 Å². The van der Waals surface area contributed by atoms with Crippen LogP contribution in [0.15, 0.2) is 29.3 Å². The molecule has 0 spiro atoms. The Morgan fingerprint density at radius 1 is 1.35 bits per heavy atom. The molecule has 0 atom stereocenters. The molecule has 1 fully saturated rings. The molecule has 2 aromatic rings. The minimum absolute atomic E-state index is 0.0949. The number of hydrogen-bond acceptors (Lipinski definition) is 3. The normalized spacial score (nSPS) is 17.4. The summed E-state index contributed by atoms with van der Waals surface area (Å²) in [5, 5.41) is -0.0949. The second-order valence-corrected chi connectivity index (χ2v) is 5.16. The van der Waals surface area contributed by atoms with E-state index in [4.69, 9.17) is 5.73 Å². The first-order valence-corrected chi connectivity index (χ1v) is 6.52. The number of fused-ring (bicyclic) bond motifs is 1. The van der Waals surface area contributed by atoms with Crippen LogP contribution >= 0.6 is 0 Å². The van der Waals surface area contributed by atoms with Gasteiger partial charge in [0.15, 0.2) is 0 Å². The van der Waals surface area contributed by atoms with E-state index < -0.39 is 22.8 Å². The Hall–Kier alpha value is -2.24. The van der Waals surface area contributed by atoms with Crippen molar-refractivity contribution in [1.29, 1.82) is 0 Å². The third-order valence-corrected chi connectivity index (χ3v) is 4.09. The van der Waals surface area contributed by atoms with E-state index in [9.17, 15) is 14.0 Å². The van der Waals surface area contributed by atoms with E-state index in [1.807, 2.05) is 0 Å². The molecular weight excluding hydrogens is 261 g/mol. The van der Waals surface area contributed by atoms with Gasteiger partial charge in [0.2, 0.25) is 5.91 Å². The Bertz CT molecular complexity index is 748. The van der Waals surface area contributed by atoms with Gasteiger partial charge in [-0.15, -0.1) is 0 Å². The molecule has 104 valence electrons. The van der Waals surface area contributed by atoms with Crippen LogP contribution in [0.1, 0.15) is 25.7 Å². The fraction of sp³-hybridized carbons (Fsp3) is 0.357. The lowest BCUT2D eigenvalue weighted by molar-refractivity contribution is -0.126. The number of amides is 1. The van der Waals surface area contributed by atoms with Crippen molar-refractivity contribution in [2.75, 3.05) is 0 Å². The van der Waals surface area contributed by atoms with Crippen molar-refractivity contribution in [2.45, 2.75) is 31.2 Å². The van der Waals surface area contributed by atoms with Gasteiger partial charge in [0.25, 0.3) is 5.56 Å². The van der Waals surface area contributed by atoms with Crippen LogP contribution in [0.4, 0.5) is 4.39 Å². The fourth-order valence-corrected chi connectivity index (χ4v) is 3.00. The van der Waals surface area contributed by atoms with Crippen LogP contribution in [0.2, 0.25) is 0 Å². The van der Waals surface area contributed by atoms with E-state index in [1.54, 1.807) is 6.07 Å². The standard InChI is InChI=1S/C14H14FN3O2/c15-9-4-3-5-10-11(9)12(19)18(8-17-10)14(13(16)20)6-1-2-7-14/h3-5,8H,1-2,6-7H2,(H2,16,20). The van der Waals surface area contributed by atoms with Crippen LogP contribution in [0.25, 0.3) is 10.9 Å². The summed E-state index contributed by atoms with van der Waals surface area (Å²) in [6.45, 7) is 0. The minimum atomic E-state index is -1.07. The quantitative estimate of drug-likeness (QED) is 0.897. The molecule has 0 saturated heterocycles. The molecule has 1 aliphatic carbocycles. The van der Waals surface area contributed by atoms with Crippen molar-refractivity contribution in [3.05, 3.63) is 40.7 Å². The zero-order chi connectivity index (χ0) is 14.3. The summed E-state index contributed by atoms with van der Waals surface area (Å²) in [6, 6.07) is 4.27. The molecule has 0 aliphatic heterocycles. The summed E-state index contributed by atoms with van der Waals surface area (Å²) >= 11 is 0. The summed E-state index contributed by atoms with van der Waals surface area (Å²) in [6.07, 6.45) is 3.91. The van der Waals surface area contributed by atoms with E-state index >= 15 is 0 Å². The van der Waals surface area contributed by atoms with E-state index in [1.165, 1.54) is 23.0 Å². The van der Waals surface area contributed by atoms with E-state index in [2.05, 4.69) is 4.98 Å². The highest BCUT2D eigenvalue weighted by Gasteiger charge is 2.42. The maximum atomic E-state index is 13.9. The Balaban J connectivity index is 2.33. The predicted molar refractivity (Wildman–Crippen MR) is 71.6 cm³/mol. The van der Waals surface area contributed by atoms with Crippen LogP contribution in [0, 0.1) is 5.82 Å². The molecule has 0 radical (unpaired) electrons. The molecule has 6 heteroatoms. The third-order valence-electron chi connectivity index (χ3n) is 4.09. The highest BCUT2D eigenvalue weighted by atomic mass is 19.1. The van der Waals surface area contributed by atoms with E-state index in [0.717, 1.165) is 12.8 Å². The monoisotopic (exact) mass is 275 g/mol. The molecule has 1 aromatic carbocycles. The van der Waals surface area contributed by atoms with E-state index in [0.29, 0.717) is 12.8 Å². The number of carbonyl (C=O) groups is 1. The van der Waals surface area contributed by atoms with Crippen molar-refractivity contribution in [3.63, 3.8) is 0 Å². The second kappa shape index (κ2) is 4.40. The van der Waals surface area contributed by atoms with Crippen molar-refractivity contribution in [1.82, 2.24) is 9.55 Å². The molecule has 3 rings (SSSR count). The van der Waals surface area contributed by atoms with Gasteiger partial charge >= 0.3 is 0 Å². The molecule has 0 unspecified atom stereocenters. The van der Waals surface area contributed by atoms with Crippen LogP contribution < -0.4 is 11.3 Å². The minimum Gasteiger partial charge on any atom is -0.368 e. The van der Waals surface area contributed by atoms with Crippen LogP contribution in [0.3, 0.4) is 0 Å². The van der Waals surface area contributed by atoms with Gasteiger partial charge in [-0.25, -0.2) is 9.37 Å². The third kappa shape index (κ3) is 1.64. The number of nitrogens with two attached hydrogens (primary N) is 1. The molecular formula is C14H14FN3O2. The maximum Gasteiger partial charge on any atom is 0.265 e. The molecule has 20 heavy (non-hydrogen) atoms. The van der Waals surface area contributed by atoms with Crippen molar-refractivity contribution >= 4 is 16.8 Å². The Morgan fingerprint density at radius 2 is 2.05 bits per heavy atom. The van der Waals surface area contributed by atoms with Crippen molar-refractivity contribution in [2.24, 2.45) is 5.73 Å². The van der Waals surface area contributed by atoms with Crippen molar-refractivity contribution in [3.8, 4) is 0 Å². The largest absolute Gasteiger partial charge is 0.368 e. The lowest BCUT2D eigenvalue weighted by atomic mass is 9.96. The lowest BCUT2D eigenvalue weighted by Gasteiger charge is -2.27. The Morgan fingerprint density at radius 3 is 2.70 bits per heavy atom. The Kier molecular flexibility index (Phi) is 2.81. The molecule has 5 nitrogen and oxygen atoms in total. The number of nitrogens with zero attached hydrogens (tertiary/aromatic N) is 2. The predicted octanol–water partition coefficient (Wildman–Crippen LogP) is 1.29. The lowest BCUT2D eigenvalue weighted by Crippen LogP contribution is -2.49. The number of carbonyl (C=O) groups excluding carboxylic acids is 1. The molecule has 1 aliphatic rings. The Labute approximate surface area is 114 Å². The topological polar surface area (TPSA) is 78.0 Å². The van der Waals surface area contributed by atoms with E-state index in [-0.39, 0.29) is 10.9 Å². The summed E-state index contributed by atoms with van der Waals surface area (Å²) in [4.78, 5) is 28.4. The average Bonchev–Trinajstić information content (AvgIpc) is 2.89. The van der Waals surface area contributed by atoms with Gasteiger partial charge in [-0.05, 0) is 25.0 Å². The number of primary amides is 1. The number of aromatic nitrogens is 2. The van der Waals surface area contributed by atoms with Gasteiger partial charge in [0, 0.05) is 0 Å². The highest BCUT2D eigenvalue weighted by Crippen LogP contribution is 2.35. The van der Waals surface area contributed by atoms with Gasteiger partial charge in [-0.1, -0.05) is 18.9 Å². The molecule has 1 aromatic heterocycles. The summed E-state index contributed by atoms with van der Waals surface area (Å²) < 4.78 is 15.1. The number of benzene rings is 1. The molecule has 2 N–H and O–H groups in total. The average molecular weight is 275 g/mol. The number of rotatable bonds is 2. The van der Waals surface area contributed by atoms with Gasteiger partial charge in [0.1, 0.15) is 16.7 Å². The first kappa shape index (κ1) is 12.8. The first-order chi connectivity index (χ1) is 9.56. The highest BCUT2D eigenvalue weighted by molar-refractivity contribution is 5.84. The zero-order valence-corrected chi connectivity index (χ0v) is 10.8. The number of halogens is 1. The number of hydrogen-bond donors (Lipinski definition) is 1. The van der Waals surface area contributed by atoms with Crippen molar-refractivity contribution < 1.29 is 9.18 Å². The molecule has 1 heterocycles. The summed E-state index contributed by atoms with van der Waals surface area (Å²) in [7, 11) is 0. The molecule has 0 bridgehead atoms.